The molecule has 0 radical (unpaired) electrons. The third kappa shape index (κ3) is 3.31. The van der Waals surface area contributed by atoms with E-state index in [2.05, 4.69) is 10.3 Å². The van der Waals surface area contributed by atoms with Crippen LogP contribution in [0.3, 0.4) is 0 Å². The zero-order valence-electron chi connectivity index (χ0n) is 10.7. The largest absolute Gasteiger partial charge is 0.480 e. The average Bonchev–Trinajstić information content (AvgIpc) is 2.42. The van der Waals surface area contributed by atoms with Crippen LogP contribution in [-0.4, -0.2) is 12.1 Å². The van der Waals surface area contributed by atoms with Crippen LogP contribution in [0.15, 0.2) is 36.5 Å². The molecule has 1 aromatic heterocycles. The van der Waals surface area contributed by atoms with E-state index in [1.54, 1.807) is 25.4 Å². The summed E-state index contributed by atoms with van der Waals surface area (Å²) in [6.07, 6.45) is 1.68. The van der Waals surface area contributed by atoms with E-state index in [0.717, 1.165) is 11.3 Å². The lowest BCUT2D eigenvalue weighted by Gasteiger charge is -2.18. The van der Waals surface area contributed by atoms with Crippen LogP contribution in [0.5, 0.6) is 5.88 Å². The number of hydrogen-bond acceptors (Lipinski definition) is 3. The molecule has 1 unspecified atom stereocenters. The summed E-state index contributed by atoms with van der Waals surface area (Å²) < 4.78 is 5.20. The number of nitrogens with one attached hydrogen (secondary N) is 1. The fourth-order valence-corrected chi connectivity index (χ4v) is 2.28. The molecular formula is C14H14Cl2N2O. The number of halogens is 2. The standard InChI is InChI=1S/C14H14Cl2N2O/c1-9(11-8-10(15)5-6-12(11)16)18-13-4-3-7-17-14(13)19-2/h3-9,18H,1-2H3. The molecule has 0 bridgehead atoms. The van der Waals surface area contributed by atoms with Crippen LogP contribution in [0.1, 0.15) is 18.5 Å². The number of pyridine rings is 1. The molecule has 19 heavy (non-hydrogen) atoms. The van der Waals surface area contributed by atoms with Gasteiger partial charge in [-0.15, -0.1) is 0 Å². The Morgan fingerprint density at radius 1 is 1.26 bits per heavy atom. The number of anilines is 1. The number of ether oxygens (including phenoxy) is 1. The van der Waals surface area contributed by atoms with Crippen LogP contribution in [0.2, 0.25) is 10.0 Å². The lowest BCUT2D eigenvalue weighted by atomic mass is 10.1. The molecule has 0 saturated carbocycles. The Bertz CT molecular complexity index is 575. The Balaban J connectivity index is 2.25. The molecule has 3 nitrogen and oxygen atoms in total. The molecule has 0 aliphatic heterocycles. The third-order valence-electron chi connectivity index (χ3n) is 2.76. The van der Waals surface area contributed by atoms with Gasteiger partial charge in [0.15, 0.2) is 0 Å². The molecule has 0 saturated heterocycles. The lowest BCUT2D eigenvalue weighted by Crippen LogP contribution is -2.08. The molecule has 5 heteroatoms. The molecule has 100 valence electrons. The van der Waals surface area contributed by atoms with E-state index < -0.39 is 0 Å². The van der Waals surface area contributed by atoms with Crippen LogP contribution in [0, 0.1) is 0 Å². The first-order chi connectivity index (χ1) is 9.11. The second-order valence-electron chi connectivity index (χ2n) is 4.09. The van der Waals surface area contributed by atoms with E-state index in [1.165, 1.54) is 0 Å². The van der Waals surface area contributed by atoms with Gasteiger partial charge in [-0.05, 0) is 42.8 Å². The topological polar surface area (TPSA) is 34.1 Å². The Labute approximate surface area is 122 Å². The predicted molar refractivity (Wildman–Crippen MR) is 79.3 cm³/mol. The van der Waals surface area contributed by atoms with Crippen molar-refractivity contribution >= 4 is 28.9 Å². The Kier molecular flexibility index (Phi) is 4.51. The highest BCUT2D eigenvalue weighted by Crippen LogP contribution is 2.30. The van der Waals surface area contributed by atoms with Crippen molar-refractivity contribution in [3.63, 3.8) is 0 Å². The van der Waals surface area contributed by atoms with Crippen LogP contribution in [-0.2, 0) is 0 Å². The number of methoxy groups -OCH3 is 1. The van der Waals surface area contributed by atoms with Gasteiger partial charge in [-0.2, -0.15) is 0 Å². The van der Waals surface area contributed by atoms with E-state index in [-0.39, 0.29) is 6.04 Å². The normalized spacial score (nSPS) is 12.0. The van der Waals surface area contributed by atoms with Crippen molar-refractivity contribution in [2.45, 2.75) is 13.0 Å². The van der Waals surface area contributed by atoms with E-state index >= 15 is 0 Å². The van der Waals surface area contributed by atoms with Gasteiger partial charge in [0.25, 0.3) is 0 Å². The van der Waals surface area contributed by atoms with Gasteiger partial charge in [0.2, 0.25) is 5.88 Å². The van der Waals surface area contributed by atoms with Gasteiger partial charge in [-0.1, -0.05) is 23.2 Å². The van der Waals surface area contributed by atoms with Crippen LogP contribution in [0.25, 0.3) is 0 Å². The average molecular weight is 297 g/mol. The minimum absolute atomic E-state index is 0.00991. The number of rotatable bonds is 4. The summed E-state index contributed by atoms with van der Waals surface area (Å²) in [5.41, 5.74) is 1.74. The quantitative estimate of drug-likeness (QED) is 0.897. The fraction of sp³-hybridized carbons (Fsp3) is 0.214. The van der Waals surface area contributed by atoms with Crippen molar-refractivity contribution in [1.82, 2.24) is 4.98 Å². The molecule has 2 rings (SSSR count). The van der Waals surface area contributed by atoms with Crippen LogP contribution >= 0.6 is 23.2 Å². The monoisotopic (exact) mass is 296 g/mol. The van der Waals surface area contributed by atoms with Gasteiger partial charge in [-0.25, -0.2) is 4.98 Å². The summed E-state index contributed by atoms with van der Waals surface area (Å²) in [5, 5.41) is 4.65. The number of aromatic nitrogens is 1. The maximum atomic E-state index is 6.19. The minimum atomic E-state index is -0.00991. The fourth-order valence-electron chi connectivity index (χ4n) is 1.82. The van der Waals surface area contributed by atoms with Crippen molar-refractivity contribution in [2.24, 2.45) is 0 Å². The summed E-state index contributed by atoms with van der Waals surface area (Å²) in [5.74, 6) is 0.549. The zero-order chi connectivity index (χ0) is 13.8. The van der Waals surface area contributed by atoms with E-state index in [4.69, 9.17) is 27.9 Å². The number of nitrogens with zero attached hydrogens (tertiary/aromatic N) is 1. The summed E-state index contributed by atoms with van der Waals surface area (Å²) >= 11 is 12.2. The second-order valence-corrected chi connectivity index (χ2v) is 4.94. The van der Waals surface area contributed by atoms with Gasteiger partial charge in [-0.3, -0.25) is 0 Å². The van der Waals surface area contributed by atoms with E-state index in [1.807, 2.05) is 25.1 Å². The van der Waals surface area contributed by atoms with Gasteiger partial charge < -0.3 is 10.1 Å². The van der Waals surface area contributed by atoms with Gasteiger partial charge in [0.05, 0.1) is 18.8 Å². The third-order valence-corrected chi connectivity index (χ3v) is 3.34. The van der Waals surface area contributed by atoms with Crippen LogP contribution < -0.4 is 10.1 Å². The summed E-state index contributed by atoms with van der Waals surface area (Å²) in [7, 11) is 1.59. The smallest absolute Gasteiger partial charge is 0.237 e. The molecule has 0 spiro atoms. The minimum Gasteiger partial charge on any atom is -0.480 e. The molecule has 1 aromatic carbocycles. The highest BCUT2D eigenvalue weighted by Gasteiger charge is 2.12. The Morgan fingerprint density at radius 2 is 2.05 bits per heavy atom. The van der Waals surface area contributed by atoms with Crippen molar-refractivity contribution in [3.05, 3.63) is 52.1 Å². The maximum absolute atomic E-state index is 6.19. The summed E-state index contributed by atoms with van der Waals surface area (Å²) in [6, 6.07) is 9.15. The van der Waals surface area contributed by atoms with Crippen molar-refractivity contribution in [3.8, 4) is 5.88 Å². The first kappa shape index (κ1) is 14.0. The van der Waals surface area contributed by atoms with Crippen LogP contribution in [0.4, 0.5) is 5.69 Å². The summed E-state index contributed by atoms with van der Waals surface area (Å²) in [4.78, 5) is 4.14. The van der Waals surface area contributed by atoms with E-state index in [9.17, 15) is 0 Å². The van der Waals surface area contributed by atoms with Crippen molar-refractivity contribution < 1.29 is 4.74 Å². The Morgan fingerprint density at radius 3 is 2.79 bits per heavy atom. The molecule has 2 aromatic rings. The van der Waals surface area contributed by atoms with Gasteiger partial charge in [0, 0.05) is 16.2 Å². The first-order valence-corrected chi connectivity index (χ1v) is 6.58. The van der Waals surface area contributed by atoms with Gasteiger partial charge in [0.1, 0.15) is 0 Å². The SMILES string of the molecule is COc1ncccc1NC(C)c1cc(Cl)ccc1Cl. The number of hydrogen-bond donors (Lipinski definition) is 1. The van der Waals surface area contributed by atoms with Crippen molar-refractivity contribution in [1.29, 1.82) is 0 Å². The zero-order valence-corrected chi connectivity index (χ0v) is 12.2. The van der Waals surface area contributed by atoms with Crippen molar-refractivity contribution in [2.75, 3.05) is 12.4 Å². The molecule has 1 N–H and O–H groups in total. The first-order valence-electron chi connectivity index (χ1n) is 5.82. The predicted octanol–water partition coefficient (Wildman–Crippen LogP) is 4.57. The molecule has 0 aliphatic rings. The van der Waals surface area contributed by atoms with E-state index in [0.29, 0.717) is 15.9 Å². The highest BCUT2D eigenvalue weighted by molar-refractivity contribution is 6.33. The molecule has 1 atom stereocenters. The maximum Gasteiger partial charge on any atom is 0.237 e. The molecular weight excluding hydrogens is 283 g/mol. The molecule has 0 fully saturated rings. The second kappa shape index (κ2) is 6.13. The Hall–Kier alpha value is -1.45. The molecule has 1 heterocycles. The highest BCUT2D eigenvalue weighted by atomic mass is 35.5. The number of benzene rings is 1. The molecule has 0 amide bonds. The van der Waals surface area contributed by atoms with Gasteiger partial charge >= 0.3 is 0 Å². The lowest BCUT2D eigenvalue weighted by molar-refractivity contribution is 0.399. The summed E-state index contributed by atoms with van der Waals surface area (Å²) in [6.45, 7) is 2.00. The molecule has 0 aliphatic carbocycles.